The number of benzene rings is 2. The monoisotopic (exact) mass is 323 g/mol. The lowest BCUT2D eigenvalue weighted by Crippen LogP contribution is -2.21. The molecule has 125 valence electrons. The maximum Gasteiger partial charge on any atom is 0.224 e. The Labute approximate surface area is 143 Å². The summed E-state index contributed by atoms with van der Waals surface area (Å²) >= 11 is 0. The molecule has 0 heterocycles. The van der Waals surface area contributed by atoms with Crippen molar-refractivity contribution in [2.75, 3.05) is 11.9 Å². The van der Waals surface area contributed by atoms with Gasteiger partial charge in [0, 0.05) is 25.6 Å². The van der Waals surface area contributed by atoms with Gasteiger partial charge in [-0.25, -0.2) is 0 Å². The molecule has 4 heteroatoms. The smallest absolute Gasteiger partial charge is 0.224 e. The van der Waals surface area contributed by atoms with Crippen LogP contribution in [0.4, 0.5) is 5.69 Å². The van der Waals surface area contributed by atoms with Crippen LogP contribution in [0.2, 0.25) is 0 Å². The summed E-state index contributed by atoms with van der Waals surface area (Å²) in [5.41, 5.74) is 3.02. The van der Waals surface area contributed by atoms with Crippen LogP contribution in [0.5, 0.6) is 0 Å². The van der Waals surface area contributed by atoms with Gasteiger partial charge < -0.3 is 10.6 Å². The largest absolute Gasteiger partial charge is 0.356 e. The van der Waals surface area contributed by atoms with E-state index in [4.69, 9.17) is 0 Å². The normalized spacial score (nSPS) is 10.2. The van der Waals surface area contributed by atoms with Crippen molar-refractivity contribution in [2.24, 2.45) is 0 Å². The van der Waals surface area contributed by atoms with Gasteiger partial charge in [0.2, 0.25) is 11.8 Å². The molecule has 0 atom stereocenters. The fourth-order valence-electron chi connectivity index (χ4n) is 2.45. The molecule has 0 aliphatic carbocycles. The Morgan fingerprint density at radius 2 is 1.62 bits per heavy atom. The number of hydrogen-bond acceptors (Lipinski definition) is 2. The Kier molecular flexibility index (Phi) is 7.02. The Bertz CT molecular complexity index is 668. The summed E-state index contributed by atoms with van der Waals surface area (Å²) in [5.74, 6) is -0.243. The third-order valence-electron chi connectivity index (χ3n) is 3.66. The summed E-state index contributed by atoms with van der Waals surface area (Å²) in [6.45, 7) is 3.86. The second-order valence-corrected chi connectivity index (χ2v) is 5.66. The van der Waals surface area contributed by atoms with E-state index in [0.717, 1.165) is 36.1 Å². The first-order valence-corrected chi connectivity index (χ1v) is 8.20. The molecule has 0 aliphatic heterocycles. The minimum absolute atomic E-state index is 0.0152. The molecule has 0 fully saturated rings. The van der Waals surface area contributed by atoms with Crippen LogP contribution in [0.1, 0.15) is 25.7 Å². The van der Waals surface area contributed by atoms with Crippen LogP contribution in [-0.4, -0.2) is 18.4 Å². The number of carbonyl (C=O) groups is 2. The lowest BCUT2D eigenvalue weighted by molar-refractivity contribution is -0.117. The van der Waals surface area contributed by atoms with Crippen molar-refractivity contribution < 1.29 is 9.59 Å². The summed E-state index contributed by atoms with van der Waals surface area (Å²) in [6.07, 6.45) is 3.04. The van der Waals surface area contributed by atoms with E-state index in [2.05, 4.69) is 17.6 Å². The van der Waals surface area contributed by atoms with Crippen molar-refractivity contribution in [1.29, 1.82) is 0 Å². The molecule has 4 nitrogen and oxygen atoms in total. The fraction of sp³-hybridized carbons (Fsp3) is 0.250. The molecule has 0 saturated heterocycles. The van der Waals surface area contributed by atoms with Crippen LogP contribution < -0.4 is 10.6 Å². The second-order valence-electron chi connectivity index (χ2n) is 5.66. The molecule has 1 radical (unpaired) electrons. The summed E-state index contributed by atoms with van der Waals surface area (Å²) in [7, 11) is 0. The van der Waals surface area contributed by atoms with E-state index in [1.807, 2.05) is 54.6 Å². The highest BCUT2D eigenvalue weighted by atomic mass is 16.2. The van der Waals surface area contributed by atoms with E-state index in [0.29, 0.717) is 13.0 Å². The van der Waals surface area contributed by atoms with Crippen molar-refractivity contribution in [3.05, 3.63) is 61.5 Å². The Hall–Kier alpha value is -2.62. The predicted molar refractivity (Wildman–Crippen MR) is 97.3 cm³/mol. The van der Waals surface area contributed by atoms with E-state index in [9.17, 15) is 9.59 Å². The van der Waals surface area contributed by atoms with Crippen LogP contribution in [0.15, 0.2) is 54.6 Å². The predicted octanol–water partition coefficient (Wildman–Crippen LogP) is 3.80. The molecular weight excluding hydrogens is 300 g/mol. The van der Waals surface area contributed by atoms with E-state index in [1.165, 1.54) is 0 Å². The van der Waals surface area contributed by atoms with Gasteiger partial charge in [-0.05, 0) is 36.1 Å². The Morgan fingerprint density at radius 3 is 2.38 bits per heavy atom. The minimum Gasteiger partial charge on any atom is -0.356 e. The number of hydrogen-bond donors (Lipinski definition) is 2. The number of unbranched alkanes of at least 4 members (excludes halogenated alkanes) is 2. The molecule has 0 saturated carbocycles. The number of anilines is 1. The molecule has 24 heavy (non-hydrogen) atoms. The highest BCUT2D eigenvalue weighted by Crippen LogP contribution is 2.22. The minimum atomic E-state index is -0.258. The highest BCUT2D eigenvalue weighted by molar-refractivity contribution is 5.91. The van der Waals surface area contributed by atoms with Crippen molar-refractivity contribution in [2.45, 2.75) is 25.7 Å². The third-order valence-corrected chi connectivity index (χ3v) is 3.66. The maximum absolute atomic E-state index is 12.0. The Balaban J connectivity index is 1.77. The standard InChI is InChI=1S/C20H23N2O2/c1-16(23)21-14-7-3-6-13-20(24)22-19-12-8-11-18(15-19)17-9-4-2-5-10-17/h2,4-5,8-12,15H,1,3,6-7,13-14H2,(H,21,23)(H,22,24). The zero-order valence-electron chi connectivity index (χ0n) is 13.8. The lowest BCUT2D eigenvalue weighted by Gasteiger charge is -2.08. The summed E-state index contributed by atoms with van der Waals surface area (Å²) in [4.78, 5) is 22.6. The van der Waals surface area contributed by atoms with Gasteiger partial charge in [-0.2, -0.15) is 0 Å². The number of amides is 2. The second kappa shape index (κ2) is 9.50. The molecule has 0 spiro atoms. The molecule has 0 unspecified atom stereocenters. The molecule has 0 aromatic heterocycles. The van der Waals surface area contributed by atoms with Crippen LogP contribution in [-0.2, 0) is 9.59 Å². The number of nitrogens with one attached hydrogen (secondary N) is 2. The van der Waals surface area contributed by atoms with Gasteiger partial charge in [0.15, 0.2) is 0 Å². The van der Waals surface area contributed by atoms with E-state index >= 15 is 0 Å². The number of rotatable bonds is 8. The first-order valence-electron chi connectivity index (χ1n) is 8.20. The van der Waals surface area contributed by atoms with E-state index in [1.54, 1.807) is 0 Å². The summed E-state index contributed by atoms with van der Waals surface area (Å²) in [5, 5.41) is 5.59. The van der Waals surface area contributed by atoms with Crippen LogP contribution in [0.3, 0.4) is 0 Å². The average molecular weight is 323 g/mol. The zero-order chi connectivity index (χ0) is 17.2. The van der Waals surface area contributed by atoms with Crippen LogP contribution in [0, 0.1) is 6.92 Å². The molecule has 2 aromatic rings. The molecular formula is C20H23N2O2. The van der Waals surface area contributed by atoms with Crippen molar-refractivity contribution >= 4 is 17.5 Å². The molecule has 0 aliphatic rings. The number of carbonyl (C=O) groups excluding carboxylic acids is 2. The van der Waals surface area contributed by atoms with Crippen molar-refractivity contribution in [1.82, 2.24) is 5.32 Å². The molecule has 2 aromatic carbocycles. The van der Waals surface area contributed by atoms with Crippen LogP contribution in [0.25, 0.3) is 11.1 Å². The topological polar surface area (TPSA) is 58.2 Å². The fourth-order valence-corrected chi connectivity index (χ4v) is 2.45. The lowest BCUT2D eigenvalue weighted by atomic mass is 10.1. The molecule has 0 bridgehead atoms. The van der Waals surface area contributed by atoms with E-state index < -0.39 is 0 Å². The summed E-state index contributed by atoms with van der Waals surface area (Å²) < 4.78 is 0. The molecule has 2 amide bonds. The molecule has 2 rings (SSSR count). The zero-order valence-corrected chi connectivity index (χ0v) is 13.8. The first-order chi connectivity index (χ1) is 11.6. The SMILES string of the molecule is [CH2]C(=O)NCCCCCC(=O)Nc1cccc(-c2ccccc2)c1. The van der Waals surface area contributed by atoms with Crippen molar-refractivity contribution in [3.63, 3.8) is 0 Å². The average Bonchev–Trinajstić information content (AvgIpc) is 2.59. The molecule has 2 N–H and O–H groups in total. The van der Waals surface area contributed by atoms with Gasteiger partial charge in [0.1, 0.15) is 0 Å². The van der Waals surface area contributed by atoms with Gasteiger partial charge in [0.05, 0.1) is 0 Å². The maximum atomic E-state index is 12.0. The highest BCUT2D eigenvalue weighted by Gasteiger charge is 2.04. The van der Waals surface area contributed by atoms with Gasteiger partial charge >= 0.3 is 0 Å². The third kappa shape index (κ3) is 6.24. The van der Waals surface area contributed by atoms with Gasteiger partial charge in [-0.1, -0.05) is 48.9 Å². The van der Waals surface area contributed by atoms with Crippen LogP contribution >= 0.6 is 0 Å². The quantitative estimate of drug-likeness (QED) is 0.726. The summed E-state index contributed by atoms with van der Waals surface area (Å²) in [6, 6.07) is 17.9. The van der Waals surface area contributed by atoms with Gasteiger partial charge in [0.25, 0.3) is 0 Å². The van der Waals surface area contributed by atoms with Gasteiger partial charge in [-0.3, -0.25) is 9.59 Å². The first kappa shape index (κ1) is 17.7. The Morgan fingerprint density at radius 1 is 0.875 bits per heavy atom. The van der Waals surface area contributed by atoms with Crippen molar-refractivity contribution in [3.8, 4) is 11.1 Å². The van der Waals surface area contributed by atoms with Gasteiger partial charge in [-0.15, -0.1) is 0 Å². The van der Waals surface area contributed by atoms with E-state index in [-0.39, 0.29) is 11.8 Å².